The SMILES string of the molecule is CC1CC1C(=O)N1CCC(Oc2ccc(NC(=O)N3CC(c4cccnc4)C3)cc2)C1. The Labute approximate surface area is 182 Å². The van der Waals surface area contributed by atoms with Crippen molar-refractivity contribution in [2.45, 2.75) is 31.8 Å². The molecule has 1 aliphatic carbocycles. The second-order valence-corrected chi connectivity index (χ2v) is 8.98. The van der Waals surface area contributed by atoms with E-state index in [0.29, 0.717) is 31.5 Å². The summed E-state index contributed by atoms with van der Waals surface area (Å²) in [6.07, 6.45) is 5.54. The molecule has 3 unspecified atom stereocenters. The molecule has 162 valence electrons. The summed E-state index contributed by atoms with van der Waals surface area (Å²) in [6.45, 7) is 4.98. The Morgan fingerprint density at radius 1 is 1.10 bits per heavy atom. The molecule has 2 aliphatic heterocycles. The number of nitrogens with zero attached hydrogens (tertiary/aromatic N) is 3. The molecule has 3 amide bonds. The highest BCUT2D eigenvalue weighted by Crippen LogP contribution is 2.40. The fourth-order valence-corrected chi connectivity index (χ4v) is 4.41. The Kier molecular flexibility index (Phi) is 5.26. The van der Waals surface area contributed by atoms with Crippen molar-refractivity contribution in [3.8, 4) is 5.75 Å². The van der Waals surface area contributed by atoms with E-state index in [9.17, 15) is 9.59 Å². The van der Waals surface area contributed by atoms with Crippen molar-refractivity contribution < 1.29 is 14.3 Å². The average molecular weight is 421 g/mol. The number of likely N-dealkylation sites (tertiary alicyclic amines) is 2. The molecule has 2 saturated heterocycles. The number of carbonyl (C=O) groups is 2. The predicted molar refractivity (Wildman–Crippen MR) is 117 cm³/mol. The van der Waals surface area contributed by atoms with Crippen LogP contribution in [0.1, 0.15) is 31.2 Å². The number of pyridine rings is 1. The Bertz CT molecular complexity index is 943. The van der Waals surface area contributed by atoms with Crippen molar-refractivity contribution >= 4 is 17.6 Å². The average Bonchev–Trinajstić information content (AvgIpc) is 3.29. The maximum Gasteiger partial charge on any atom is 0.321 e. The molecular formula is C24H28N4O3. The molecule has 3 heterocycles. The van der Waals surface area contributed by atoms with Gasteiger partial charge in [-0.25, -0.2) is 4.79 Å². The van der Waals surface area contributed by atoms with E-state index in [1.165, 1.54) is 5.56 Å². The summed E-state index contributed by atoms with van der Waals surface area (Å²) < 4.78 is 6.06. The van der Waals surface area contributed by atoms with Crippen molar-refractivity contribution in [2.24, 2.45) is 11.8 Å². The zero-order chi connectivity index (χ0) is 21.4. The minimum atomic E-state index is -0.0898. The van der Waals surface area contributed by atoms with Crippen LogP contribution < -0.4 is 10.1 Å². The van der Waals surface area contributed by atoms with Crippen LogP contribution in [0.15, 0.2) is 48.8 Å². The third kappa shape index (κ3) is 4.36. The van der Waals surface area contributed by atoms with E-state index in [2.05, 4.69) is 23.3 Å². The minimum Gasteiger partial charge on any atom is -0.489 e. The highest BCUT2D eigenvalue weighted by molar-refractivity contribution is 5.90. The van der Waals surface area contributed by atoms with Crippen LogP contribution in [0.2, 0.25) is 0 Å². The van der Waals surface area contributed by atoms with E-state index in [1.54, 1.807) is 11.1 Å². The number of ether oxygens (including phenoxy) is 1. The molecule has 1 aromatic heterocycles. The van der Waals surface area contributed by atoms with Gasteiger partial charge in [0.05, 0.1) is 6.54 Å². The Morgan fingerprint density at radius 2 is 1.87 bits per heavy atom. The highest BCUT2D eigenvalue weighted by atomic mass is 16.5. The zero-order valence-corrected chi connectivity index (χ0v) is 17.7. The maximum absolute atomic E-state index is 12.4. The summed E-state index contributed by atoms with van der Waals surface area (Å²) in [7, 11) is 0. The smallest absolute Gasteiger partial charge is 0.321 e. The molecule has 5 rings (SSSR count). The molecule has 1 N–H and O–H groups in total. The second kappa shape index (κ2) is 8.21. The van der Waals surface area contributed by atoms with Gasteiger partial charge in [0.2, 0.25) is 5.91 Å². The number of amides is 3. The lowest BCUT2D eigenvalue weighted by Crippen LogP contribution is -2.50. The van der Waals surface area contributed by atoms with Gasteiger partial charge in [-0.1, -0.05) is 13.0 Å². The van der Waals surface area contributed by atoms with Crippen LogP contribution in [-0.2, 0) is 4.79 Å². The number of nitrogens with one attached hydrogen (secondary N) is 1. The normalized spacial score (nSPS) is 25.1. The molecule has 0 radical (unpaired) electrons. The lowest BCUT2D eigenvalue weighted by atomic mass is 9.93. The van der Waals surface area contributed by atoms with E-state index in [-0.39, 0.29) is 24.0 Å². The van der Waals surface area contributed by atoms with Crippen LogP contribution in [0.25, 0.3) is 0 Å². The van der Waals surface area contributed by atoms with Gasteiger partial charge < -0.3 is 19.9 Å². The van der Waals surface area contributed by atoms with Gasteiger partial charge in [0.25, 0.3) is 0 Å². The van der Waals surface area contributed by atoms with Gasteiger partial charge in [0.1, 0.15) is 11.9 Å². The molecule has 7 heteroatoms. The van der Waals surface area contributed by atoms with E-state index in [1.807, 2.05) is 41.4 Å². The first-order chi connectivity index (χ1) is 15.1. The summed E-state index contributed by atoms with van der Waals surface area (Å²) in [5, 5.41) is 2.95. The first-order valence-corrected chi connectivity index (χ1v) is 11.1. The van der Waals surface area contributed by atoms with Crippen LogP contribution in [0.3, 0.4) is 0 Å². The number of benzene rings is 1. The number of carbonyl (C=O) groups excluding carboxylic acids is 2. The van der Waals surface area contributed by atoms with Crippen molar-refractivity contribution in [3.63, 3.8) is 0 Å². The lowest BCUT2D eigenvalue weighted by molar-refractivity contribution is -0.132. The number of hydrogen-bond acceptors (Lipinski definition) is 4. The predicted octanol–water partition coefficient (Wildman–Crippen LogP) is 3.35. The lowest BCUT2D eigenvalue weighted by Gasteiger charge is -2.39. The van der Waals surface area contributed by atoms with Gasteiger partial charge in [-0.05, 0) is 48.2 Å². The molecule has 2 aromatic rings. The fourth-order valence-electron chi connectivity index (χ4n) is 4.41. The van der Waals surface area contributed by atoms with Gasteiger partial charge >= 0.3 is 6.03 Å². The van der Waals surface area contributed by atoms with Crippen LogP contribution in [0, 0.1) is 11.8 Å². The Morgan fingerprint density at radius 3 is 2.55 bits per heavy atom. The van der Waals surface area contributed by atoms with Crippen molar-refractivity contribution in [1.82, 2.24) is 14.8 Å². The number of rotatable bonds is 5. The number of urea groups is 1. The summed E-state index contributed by atoms with van der Waals surface area (Å²) >= 11 is 0. The van der Waals surface area contributed by atoms with Crippen molar-refractivity contribution in [1.29, 1.82) is 0 Å². The van der Waals surface area contributed by atoms with E-state index < -0.39 is 0 Å². The number of aromatic nitrogens is 1. The summed E-state index contributed by atoms with van der Waals surface area (Å²) in [5.74, 6) is 2.17. The topological polar surface area (TPSA) is 74.8 Å². The molecule has 3 fully saturated rings. The first-order valence-electron chi connectivity index (χ1n) is 11.1. The zero-order valence-electron chi connectivity index (χ0n) is 17.7. The van der Waals surface area contributed by atoms with Crippen LogP contribution >= 0.6 is 0 Å². The molecule has 3 atom stereocenters. The summed E-state index contributed by atoms with van der Waals surface area (Å²) in [6, 6.07) is 11.3. The van der Waals surface area contributed by atoms with Gasteiger partial charge in [0, 0.05) is 56.0 Å². The van der Waals surface area contributed by atoms with Gasteiger partial charge in [0.15, 0.2) is 0 Å². The molecule has 3 aliphatic rings. The standard InChI is InChI=1S/C24H28N4O3/c1-16-11-22(16)23(29)27-10-8-21(15-27)31-20-6-4-19(5-7-20)26-24(30)28-13-18(14-28)17-3-2-9-25-12-17/h2-7,9,12,16,18,21-22H,8,10-11,13-15H2,1H3,(H,26,30). The van der Waals surface area contributed by atoms with E-state index in [0.717, 1.165) is 30.8 Å². The highest BCUT2D eigenvalue weighted by Gasteiger charge is 2.43. The summed E-state index contributed by atoms with van der Waals surface area (Å²) in [4.78, 5) is 32.7. The third-order valence-electron chi connectivity index (χ3n) is 6.62. The molecule has 31 heavy (non-hydrogen) atoms. The van der Waals surface area contributed by atoms with Gasteiger partial charge in [-0.15, -0.1) is 0 Å². The number of anilines is 1. The monoisotopic (exact) mass is 420 g/mol. The molecule has 1 saturated carbocycles. The molecule has 1 aromatic carbocycles. The van der Waals surface area contributed by atoms with Crippen LogP contribution in [0.5, 0.6) is 5.75 Å². The number of hydrogen-bond donors (Lipinski definition) is 1. The molecular weight excluding hydrogens is 392 g/mol. The van der Waals surface area contributed by atoms with Crippen LogP contribution in [-0.4, -0.2) is 59.0 Å². The summed E-state index contributed by atoms with van der Waals surface area (Å²) in [5.41, 5.74) is 1.92. The largest absolute Gasteiger partial charge is 0.489 e. The molecule has 0 bridgehead atoms. The van der Waals surface area contributed by atoms with Gasteiger partial charge in [-0.3, -0.25) is 9.78 Å². The van der Waals surface area contributed by atoms with E-state index in [4.69, 9.17) is 4.74 Å². The maximum atomic E-state index is 12.4. The second-order valence-electron chi connectivity index (χ2n) is 8.98. The Hall–Kier alpha value is -3.09. The Balaban J connectivity index is 1.08. The third-order valence-corrected chi connectivity index (χ3v) is 6.62. The van der Waals surface area contributed by atoms with Crippen molar-refractivity contribution in [2.75, 3.05) is 31.5 Å². The molecule has 0 spiro atoms. The molecule has 7 nitrogen and oxygen atoms in total. The first kappa shape index (κ1) is 19.8. The quantitative estimate of drug-likeness (QED) is 0.805. The minimum absolute atomic E-state index is 0.0314. The van der Waals surface area contributed by atoms with Crippen molar-refractivity contribution in [3.05, 3.63) is 54.4 Å². The van der Waals surface area contributed by atoms with E-state index >= 15 is 0 Å². The van der Waals surface area contributed by atoms with Gasteiger partial charge in [-0.2, -0.15) is 0 Å². The van der Waals surface area contributed by atoms with Crippen LogP contribution in [0.4, 0.5) is 10.5 Å². The fraction of sp³-hybridized carbons (Fsp3) is 0.458.